The van der Waals surface area contributed by atoms with Crippen LogP contribution in [-0.4, -0.2) is 10.9 Å². The van der Waals surface area contributed by atoms with E-state index in [1.54, 1.807) is 0 Å². The summed E-state index contributed by atoms with van der Waals surface area (Å²) in [7, 11) is 0. The Morgan fingerprint density at radius 3 is 2.43 bits per heavy atom. The van der Waals surface area contributed by atoms with Gasteiger partial charge >= 0.3 is 0 Å². The maximum Gasteiger partial charge on any atom is 0.150 e. The second-order valence-corrected chi connectivity index (χ2v) is 6.33. The molecule has 0 spiro atoms. The largest absolute Gasteiger partial charge is 0.340 e. The standard InChI is InChI=1S/C21H25NO/c1-2-3-4-5-6-9-14-22-20-11-8-7-10-18(20)19-13-12-17(16-23)15-21(19)22/h7-8,10-13,15-16H,2-6,9,14H2,1H3. The fourth-order valence-corrected chi connectivity index (χ4v) is 3.43. The van der Waals surface area contributed by atoms with E-state index in [1.165, 1.54) is 60.3 Å². The molecule has 0 N–H and O–H groups in total. The summed E-state index contributed by atoms with van der Waals surface area (Å²) in [4.78, 5) is 11.1. The van der Waals surface area contributed by atoms with E-state index in [4.69, 9.17) is 0 Å². The van der Waals surface area contributed by atoms with E-state index in [-0.39, 0.29) is 0 Å². The maximum absolute atomic E-state index is 11.1. The van der Waals surface area contributed by atoms with Crippen molar-refractivity contribution < 1.29 is 4.79 Å². The lowest BCUT2D eigenvalue weighted by Crippen LogP contribution is -1.98. The average Bonchev–Trinajstić information content (AvgIpc) is 2.91. The molecule has 0 unspecified atom stereocenters. The zero-order valence-corrected chi connectivity index (χ0v) is 13.9. The minimum atomic E-state index is 0.754. The van der Waals surface area contributed by atoms with Gasteiger partial charge in [-0.15, -0.1) is 0 Å². The van der Waals surface area contributed by atoms with Gasteiger partial charge in [0, 0.05) is 33.9 Å². The van der Waals surface area contributed by atoms with Gasteiger partial charge in [-0.2, -0.15) is 0 Å². The number of unbranched alkanes of at least 4 members (excludes halogenated alkanes) is 5. The van der Waals surface area contributed by atoms with Crippen molar-refractivity contribution in [3.8, 4) is 0 Å². The van der Waals surface area contributed by atoms with Crippen LogP contribution in [0.1, 0.15) is 55.8 Å². The van der Waals surface area contributed by atoms with E-state index in [0.717, 1.165) is 18.4 Å². The number of aromatic nitrogens is 1. The molecule has 0 aliphatic heterocycles. The summed E-state index contributed by atoms with van der Waals surface area (Å²) in [6.07, 6.45) is 8.72. The van der Waals surface area contributed by atoms with Crippen LogP contribution in [0.15, 0.2) is 42.5 Å². The van der Waals surface area contributed by atoms with Crippen molar-refractivity contribution in [2.24, 2.45) is 0 Å². The summed E-state index contributed by atoms with van der Waals surface area (Å²) < 4.78 is 2.39. The lowest BCUT2D eigenvalue weighted by molar-refractivity contribution is 0.112. The van der Waals surface area contributed by atoms with Gasteiger partial charge in [-0.3, -0.25) is 4.79 Å². The van der Waals surface area contributed by atoms with Crippen LogP contribution >= 0.6 is 0 Å². The van der Waals surface area contributed by atoms with Crippen molar-refractivity contribution in [2.45, 2.75) is 52.0 Å². The number of aryl methyl sites for hydroxylation is 1. The molecule has 1 heterocycles. The van der Waals surface area contributed by atoms with E-state index in [2.05, 4.69) is 41.8 Å². The molecule has 3 aromatic rings. The van der Waals surface area contributed by atoms with Crippen molar-refractivity contribution in [3.05, 3.63) is 48.0 Å². The molecule has 120 valence electrons. The van der Waals surface area contributed by atoms with Gasteiger partial charge in [0.25, 0.3) is 0 Å². The Labute approximate surface area is 138 Å². The molecule has 0 radical (unpaired) electrons. The van der Waals surface area contributed by atoms with Gasteiger partial charge in [-0.05, 0) is 18.6 Å². The molecule has 0 saturated carbocycles. The van der Waals surface area contributed by atoms with E-state index < -0.39 is 0 Å². The molecule has 0 bridgehead atoms. The predicted octanol–water partition coefficient (Wildman–Crippen LogP) is 5.97. The number of aldehydes is 1. The third kappa shape index (κ3) is 3.31. The van der Waals surface area contributed by atoms with Gasteiger partial charge in [-0.1, -0.05) is 69.4 Å². The molecule has 0 saturated heterocycles. The summed E-state index contributed by atoms with van der Waals surface area (Å²) in [5.74, 6) is 0. The molecule has 23 heavy (non-hydrogen) atoms. The monoisotopic (exact) mass is 307 g/mol. The molecule has 0 aliphatic rings. The number of benzene rings is 2. The van der Waals surface area contributed by atoms with Gasteiger partial charge in [0.1, 0.15) is 6.29 Å². The Bertz CT molecular complexity index is 800. The van der Waals surface area contributed by atoms with Crippen molar-refractivity contribution in [3.63, 3.8) is 0 Å². The fraction of sp³-hybridized carbons (Fsp3) is 0.381. The highest BCUT2D eigenvalue weighted by atomic mass is 16.1. The van der Waals surface area contributed by atoms with Crippen LogP contribution in [0.3, 0.4) is 0 Å². The summed E-state index contributed by atoms with van der Waals surface area (Å²) in [6, 6.07) is 14.6. The minimum absolute atomic E-state index is 0.754. The van der Waals surface area contributed by atoms with E-state index in [0.29, 0.717) is 0 Å². The lowest BCUT2D eigenvalue weighted by atomic mass is 10.1. The van der Waals surface area contributed by atoms with Crippen molar-refractivity contribution in [1.82, 2.24) is 4.57 Å². The first kappa shape index (κ1) is 15.8. The Kier molecular flexibility index (Phi) is 5.12. The third-order valence-electron chi connectivity index (χ3n) is 4.67. The molecular formula is C21H25NO. The second kappa shape index (κ2) is 7.45. The molecule has 1 aromatic heterocycles. The van der Waals surface area contributed by atoms with Crippen LogP contribution in [0.5, 0.6) is 0 Å². The Morgan fingerprint density at radius 1 is 0.870 bits per heavy atom. The first-order valence-electron chi connectivity index (χ1n) is 8.81. The number of rotatable bonds is 8. The number of carbonyl (C=O) groups is 1. The maximum atomic E-state index is 11.1. The van der Waals surface area contributed by atoms with Crippen molar-refractivity contribution in [1.29, 1.82) is 0 Å². The average molecular weight is 307 g/mol. The van der Waals surface area contributed by atoms with Gasteiger partial charge in [0.05, 0.1) is 0 Å². The Morgan fingerprint density at radius 2 is 1.61 bits per heavy atom. The molecule has 2 nitrogen and oxygen atoms in total. The van der Waals surface area contributed by atoms with Crippen LogP contribution in [0, 0.1) is 0 Å². The van der Waals surface area contributed by atoms with Crippen LogP contribution in [-0.2, 0) is 6.54 Å². The zero-order chi connectivity index (χ0) is 16.1. The minimum Gasteiger partial charge on any atom is -0.340 e. The number of hydrogen-bond donors (Lipinski definition) is 0. The van der Waals surface area contributed by atoms with Crippen LogP contribution < -0.4 is 0 Å². The van der Waals surface area contributed by atoms with Gasteiger partial charge in [0.15, 0.2) is 0 Å². The normalized spacial score (nSPS) is 11.3. The number of fused-ring (bicyclic) bond motifs is 3. The predicted molar refractivity (Wildman–Crippen MR) is 98.2 cm³/mol. The third-order valence-corrected chi connectivity index (χ3v) is 4.67. The molecule has 0 aliphatic carbocycles. The highest BCUT2D eigenvalue weighted by Gasteiger charge is 2.10. The van der Waals surface area contributed by atoms with E-state index >= 15 is 0 Å². The Hall–Kier alpha value is -2.09. The van der Waals surface area contributed by atoms with Crippen molar-refractivity contribution in [2.75, 3.05) is 0 Å². The van der Waals surface area contributed by atoms with Gasteiger partial charge in [0.2, 0.25) is 0 Å². The quantitative estimate of drug-likeness (QED) is 0.371. The summed E-state index contributed by atoms with van der Waals surface area (Å²) >= 11 is 0. The second-order valence-electron chi connectivity index (χ2n) is 6.33. The summed E-state index contributed by atoms with van der Waals surface area (Å²) in [6.45, 7) is 3.28. The number of nitrogens with zero attached hydrogens (tertiary/aromatic N) is 1. The van der Waals surface area contributed by atoms with Gasteiger partial charge in [-0.25, -0.2) is 0 Å². The molecule has 0 amide bonds. The van der Waals surface area contributed by atoms with Gasteiger partial charge < -0.3 is 4.57 Å². The first-order chi connectivity index (χ1) is 11.3. The van der Waals surface area contributed by atoms with Crippen LogP contribution in [0.2, 0.25) is 0 Å². The first-order valence-corrected chi connectivity index (χ1v) is 8.81. The fourth-order valence-electron chi connectivity index (χ4n) is 3.43. The lowest BCUT2D eigenvalue weighted by Gasteiger charge is -2.08. The summed E-state index contributed by atoms with van der Waals surface area (Å²) in [5.41, 5.74) is 3.22. The molecule has 2 heteroatoms. The van der Waals surface area contributed by atoms with E-state index in [1.807, 2.05) is 12.1 Å². The number of hydrogen-bond acceptors (Lipinski definition) is 1. The highest BCUT2D eigenvalue weighted by Crippen LogP contribution is 2.29. The molecular weight excluding hydrogens is 282 g/mol. The smallest absolute Gasteiger partial charge is 0.150 e. The zero-order valence-electron chi connectivity index (χ0n) is 13.9. The highest BCUT2D eigenvalue weighted by molar-refractivity contribution is 6.09. The van der Waals surface area contributed by atoms with Crippen LogP contribution in [0.4, 0.5) is 0 Å². The molecule has 0 atom stereocenters. The molecule has 2 aromatic carbocycles. The topological polar surface area (TPSA) is 22.0 Å². The Balaban J connectivity index is 1.88. The number of carbonyl (C=O) groups excluding carboxylic acids is 1. The van der Waals surface area contributed by atoms with E-state index in [9.17, 15) is 4.79 Å². The number of para-hydroxylation sites is 1. The van der Waals surface area contributed by atoms with Crippen LogP contribution in [0.25, 0.3) is 21.8 Å². The summed E-state index contributed by atoms with van der Waals surface area (Å²) in [5, 5.41) is 2.53. The molecule has 3 rings (SSSR count). The molecule has 0 fully saturated rings. The SMILES string of the molecule is CCCCCCCCn1c2ccccc2c2ccc(C=O)cc21. The van der Waals surface area contributed by atoms with Crippen molar-refractivity contribution >= 4 is 28.1 Å².